The average Bonchev–Trinajstić information content (AvgIpc) is 2.90. The van der Waals surface area contributed by atoms with Gasteiger partial charge in [-0.1, -0.05) is 78.9 Å². The van der Waals surface area contributed by atoms with Crippen LogP contribution in [0.2, 0.25) is 0 Å². The minimum atomic E-state index is 0.441. The fourth-order valence-electron chi connectivity index (χ4n) is 4.09. The summed E-state index contributed by atoms with van der Waals surface area (Å²) in [6.45, 7) is 0.441. The summed E-state index contributed by atoms with van der Waals surface area (Å²) in [6.07, 6.45) is 1.87. The van der Waals surface area contributed by atoms with Gasteiger partial charge in [-0.15, -0.1) is 0 Å². The van der Waals surface area contributed by atoms with Gasteiger partial charge < -0.3 is 9.47 Å². The molecule has 0 aliphatic heterocycles. The highest BCUT2D eigenvalue weighted by molar-refractivity contribution is 5.94. The molecule has 0 saturated carbocycles. The van der Waals surface area contributed by atoms with E-state index in [1.165, 1.54) is 10.8 Å². The number of hydrogen-bond acceptors (Lipinski definition) is 3. The molecular weight excluding hydrogens is 418 g/mol. The first kappa shape index (κ1) is 21.3. The first-order chi connectivity index (χ1) is 16.7. The SMILES string of the molecule is COc1cc(/C=C(/C#N)c2ccc3ccccc3c2)ccc1OCc1ccc2ccccc2c1. The van der Waals surface area contributed by atoms with E-state index in [0.717, 1.165) is 27.5 Å². The van der Waals surface area contributed by atoms with Crippen LogP contribution in [0.1, 0.15) is 16.7 Å². The van der Waals surface area contributed by atoms with Gasteiger partial charge in [0.2, 0.25) is 0 Å². The summed E-state index contributed by atoms with van der Waals surface area (Å²) >= 11 is 0. The lowest BCUT2D eigenvalue weighted by molar-refractivity contribution is 0.284. The second kappa shape index (κ2) is 9.52. The Balaban J connectivity index is 1.38. The van der Waals surface area contributed by atoms with Crippen LogP contribution in [-0.2, 0) is 6.61 Å². The number of hydrogen-bond donors (Lipinski definition) is 0. The molecule has 0 aliphatic rings. The van der Waals surface area contributed by atoms with Gasteiger partial charge in [0.1, 0.15) is 6.61 Å². The Kier molecular flexibility index (Phi) is 5.97. The zero-order valence-corrected chi connectivity index (χ0v) is 18.9. The lowest BCUT2D eigenvalue weighted by Gasteiger charge is -2.12. The van der Waals surface area contributed by atoms with Crippen molar-refractivity contribution in [3.05, 3.63) is 120 Å². The molecule has 0 fully saturated rings. The van der Waals surface area contributed by atoms with Crippen LogP contribution in [0.5, 0.6) is 11.5 Å². The number of nitriles is 1. The smallest absolute Gasteiger partial charge is 0.161 e. The van der Waals surface area contributed by atoms with Crippen LogP contribution in [0, 0.1) is 11.3 Å². The van der Waals surface area contributed by atoms with Crippen LogP contribution in [0.3, 0.4) is 0 Å². The van der Waals surface area contributed by atoms with E-state index in [1.54, 1.807) is 7.11 Å². The molecule has 0 atom stereocenters. The molecule has 5 aromatic rings. The van der Waals surface area contributed by atoms with Gasteiger partial charge in [-0.05, 0) is 68.6 Å². The van der Waals surface area contributed by atoms with Gasteiger partial charge in [-0.2, -0.15) is 5.26 Å². The highest BCUT2D eigenvalue weighted by Gasteiger charge is 2.08. The van der Waals surface area contributed by atoms with Crippen molar-refractivity contribution in [1.29, 1.82) is 5.26 Å². The highest BCUT2D eigenvalue weighted by Crippen LogP contribution is 2.31. The van der Waals surface area contributed by atoms with Crippen molar-refractivity contribution in [1.82, 2.24) is 0 Å². The zero-order valence-electron chi connectivity index (χ0n) is 18.9. The Morgan fingerprint density at radius 2 is 1.41 bits per heavy atom. The number of benzene rings is 5. The number of methoxy groups -OCH3 is 1. The molecule has 0 bridgehead atoms. The summed E-state index contributed by atoms with van der Waals surface area (Å²) < 4.78 is 11.7. The van der Waals surface area contributed by atoms with Crippen molar-refractivity contribution in [3.63, 3.8) is 0 Å². The predicted octanol–water partition coefficient (Wildman–Crippen LogP) is 7.64. The number of fused-ring (bicyclic) bond motifs is 2. The summed E-state index contributed by atoms with van der Waals surface area (Å²) in [4.78, 5) is 0. The summed E-state index contributed by atoms with van der Waals surface area (Å²) in [5, 5.41) is 14.5. The van der Waals surface area contributed by atoms with Crippen LogP contribution in [-0.4, -0.2) is 7.11 Å². The molecular formula is C31H23NO2. The molecule has 3 nitrogen and oxygen atoms in total. The summed E-state index contributed by atoms with van der Waals surface area (Å²) in [5.41, 5.74) is 3.45. The summed E-state index contributed by atoms with van der Waals surface area (Å²) in [6, 6.07) is 36.9. The number of rotatable bonds is 6. The van der Waals surface area contributed by atoms with Crippen molar-refractivity contribution in [2.75, 3.05) is 7.11 Å². The summed E-state index contributed by atoms with van der Waals surface area (Å²) in [7, 11) is 1.63. The van der Waals surface area contributed by atoms with Crippen LogP contribution >= 0.6 is 0 Å². The molecule has 3 heteroatoms. The van der Waals surface area contributed by atoms with E-state index in [0.29, 0.717) is 23.7 Å². The summed E-state index contributed by atoms with van der Waals surface area (Å²) in [5.74, 6) is 1.29. The number of ether oxygens (including phenoxy) is 2. The van der Waals surface area contributed by atoms with Crippen molar-refractivity contribution < 1.29 is 9.47 Å². The van der Waals surface area contributed by atoms with E-state index in [4.69, 9.17) is 9.47 Å². The molecule has 5 rings (SSSR count). The van der Waals surface area contributed by atoms with Crippen LogP contribution < -0.4 is 9.47 Å². The third-order valence-corrected chi connectivity index (χ3v) is 5.89. The lowest BCUT2D eigenvalue weighted by atomic mass is 10.00. The molecule has 34 heavy (non-hydrogen) atoms. The lowest BCUT2D eigenvalue weighted by Crippen LogP contribution is -1.98. The van der Waals surface area contributed by atoms with Crippen molar-refractivity contribution >= 4 is 33.2 Å². The maximum Gasteiger partial charge on any atom is 0.161 e. The van der Waals surface area contributed by atoms with E-state index < -0.39 is 0 Å². The maximum atomic E-state index is 9.81. The molecule has 0 spiro atoms. The third-order valence-electron chi connectivity index (χ3n) is 5.89. The highest BCUT2D eigenvalue weighted by atomic mass is 16.5. The number of nitrogens with zero attached hydrogens (tertiary/aromatic N) is 1. The van der Waals surface area contributed by atoms with Crippen molar-refractivity contribution in [2.24, 2.45) is 0 Å². The molecule has 164 valence electrons. The fraction of sp³-hybridized carbons (Fsp3) is 0.0645. The molecule has 0 N–H and O–H groups in total. The Hall–Kier alpha value is -4.55. The third kappa shape index (κ3) is 4.48. The van der Waals surface area contributed by atoms with Crippen molar-refractivity contribution in [3.8, 4) is 17.6 Å². The van der Waals surface area contributed by atoms with E-state index in [9.17, 15) is 5.26 Å². The van der Waals surface area contributed by atoms with Gasteiger partial charge in [-0.25, -0.2) is 0 Å². The fourth-order valence-corrected chi connectivity index (χ4v) is 4.09. The Labute approximate surface area is 199 Å². The van der Waals surface area contributed by atoms with Gasteiger partial charge in [0.15, 0.2) is 11.5 Å². The molecule has 0 aliphatic carbocycles. The largest absolute Gasteiger partial charge is 0.493 e. The van der Waals surface area contributed by atoms with Crippen LogP contribution in [0.25, 0.3) is 33.2 Å². The first-order valence-corrected chi connectivity index (χ1v) is 11.1. The van der Waals surface area contributed by atoms with Gasteiger partial charge in [-0.3, -0.25) is 0 Å². The predicted molar refractivity (Wildman–Crippen MR) is 139 cm³/mol. The van der Waals surface area contributed by atoms with E-state index in [-0.39, 0.29) is 0 Å². The van der Waals surface area contributed by atoms with Gasteiger partial charge >= 0.3 is 0 Å². The van der Waals surface area contributed by atoms with E-state index in [1.807, 2.05) is 66.7 Å². The molecule has 0 radical (unpaired) electrons. The normalized spacial score (nSPS) is 11.4. The van der Waals surface area contributed by atoms with E-state index >= 15 is 0 Å². The molecule has 0 amide bonds. The van der Waals surface area contributed by atoms with E-state index in [2.05, 4.69) is 48.5 Å². The minimum absolute atomic E-state index is 0.441. The second-order valence-corrected chi connectivity index (χ2v) is 8.11. The molecule has 0 saturated heterocycles. The molecule has 0 heterocycles. The van der Waals surface area contributed by atoms with Gasteiger partial charge in [0.05, 0.1) is 18.8 Å². The molecule has 0 aromatic heterocycles. The quantitative estimate of drug-likeness (QED) is 0.201. The monoisotopic (exact) mass is 441 g/mol. The Morgan fingerprint density at radius 1 is 0.735 bits per heavy atom. The Bertz CT molecular complexity index is 1560. The second-order valence-electron chi connectivity index (χ2n) is 8.11. The van der Waals surface area contributed by atoms with Gasteiger partial charge in [0, 0.05) is 0 Å². The maximum absolute atomic E-state index is 9.81. The minimum Gasteiger partial charge on any atom is -0.493 e. The molecule has 0 unspecified atom stereocenters. The first-order valence-electron chi connectivity index (χ1n) is 11.1. The average molecular weight is 442 g/mol. The van der Waals surface area contributed by atoms with Crippen molar-refractivity contribution in [2.45, 2.75) is 6.61 Å². The molecule has 5 aromatic carbocycles. The van der Waals surface area contributed by atoms with Crippen LogP contribution in [0.15, 0.2) is 103 Å². The Morgan fingerprint density at radius 3 is 2.12 bits per heavy atom. The zero-order chi connectivity index (χ0) is 23.3. The topological polar surface area (TPSA) is 42.2 Å². The standard InChI is InChI=1S/C31H23NO2/c1-33-31-18-22(16-29(20-32)28-14-13-25-7-3-5-9-27(25)19-28)11-15-30(31)34-21-23-10-12-24-6-2-4-8-26(24)17-23/h2-19H,21H2,1H3/b29-16-. The van der Waals surface area contributed by atoms with Gasteiger partial charge in [0.25, 0.3) is 0 Å². The number of allylic oxidation sites excluding steroid dienone is 1. The van der Waals surface area contributed by atoms with Crippen LogP contribution in [0.4, 0.5) is 0 Å².